The largest absolute Gasteiger partial charge is 0.490 e. The lowest BCUT2D eigenvalue weighted by Gasteiger charge is -2.11. The highest BCUT2D eigenvalue weighted by Gasteiger charge is 2.14. The summed E-state index contributed by atoms with van der Waals surface area (Å²) in [6.07, 6.45) is -1.10. The van der Waals surface area contributed by atoms with Gasteiger partial charge in [-0.2, -0.15) is 0 Å². The Hall–Kier alpha value is -4.01. The number of carbonyl (C=O) groups is 1. The van der Waals surface area contributed by atoms with Crippen molar-refractivity contribution < 1.29 is 23.0 Å². The Labute approximate surface area is 182 Å². The number of ether oxygens (including phenoxy) is 2. The summed E-state index contributed by atoms with van der Waals surface area (Å²) in [7, 11) is 0. The van der Waals surface area contributed by atoms with Crippen LogP contribution in [0.25, 0.3) is 11.0 Å². The summed E-state index contributed by atoms with van der Waals surface area (Å²) >= 11 is 0. The van der Waals surface area contributed by atoms with Crippen LogP contribution in [-0.4, -0.2) is 27.5 Å². The van der Waals surface area contributed by atoms with Crippen molar-refractivity contribution in [3.05, 3.63) is 77.7 Å². The van der Waals surface area contributed by atoms with Crippen LogP contribution in [0, 0.1) is 0 Å². The summed E-state index contributed by atoms with van der Waals surface area (Å²) in [4.78, 5) is 23.1. The third-order valence-electron chi connectivity index (χ3n) is 4.58. The van der Waals surface area contributed by atoms with E-state index in [1.54, 1.807) is 30.5 Å². The molecule has 2 aromatic carbocycles. The first kappa shape index (κ1) is 21.2. The van der Waals surface area contributed by atoms with Crippen molar-refractivity contribution in [2.75, 3.05) is 6.61 Å². The topological polar surface area (TPSA) is 89.1 Å². The van der Waals surface area contributed by atoms with E-state index in [4.69, 9.17) is 9.47 Å². The van der Waals surface area contributed by atoms with E-state index in [1.165, 1.54) is 12.1 Å². The summed E-state index contributed by atoms with van der Waals surface area (Å²) in [6.45, 7) is 2.66. The van der Waals surface area contributed by atoms with Crippen molar-refractivity contribution in [1.82, 2.24) is 20.3 Å². The number of alkyl halides is 2. The third-order valence-corrected chi connectivity index (χ3v) is 4.58. The smallest absolute Gasteiger partial charge is 0.295 e. The van der Waals surface area contributed by atoms with E-state index >= 15 is 0 Å². The van der Waals surface area contributed by atoms with Crippen molar-refractivity contribution in [1.29, 1.82) is 0 Å². The molecule has 4 aromatic rings. The molecule has 0 bridgehead atoms. The van der Waals surface area contributed by atoms with Crippen LogP contribution in [-0.2, 0) is 6.54 Å². The predicted octanol–water partition coefficient (Wildman–Crippen LogP) is 5.02. The molecule has 1 amide bonds. The molecule has 4 rings (SSSR count). The number of aromatic amines is 1. The summed E-state index contributed by atoms with van der Waals surface area (Å²) < 4.78 is 36.9. The second-order valence-electron chi connectivity index (χ2n) is 6.82. The fourth-order valence-corrected chi connectivity index (χ4v) is 3.06. The van der Waals surface area contributed by atoms with E-state index in [1.807, 2.05) is 25.1 Å². The molecule has 0 radical (unpaired) electrons. The highest BCUT2D eigenvalue weighted by Crippen LogP contribution is 2.30. The molecule has 0 saturated heterocycles. The van der Waals surface area contributed by atoms with Crippen molar-refractivity contribution in [2.45, 2.75) is 19.9 Å². The molecule has 9 heteroatoms. The third kappa shape index (κ3) is 4.83. The van der Waals surface area contributed by atoms with Gasteiger partial charge in [0.1, 0.15) is 0 Å². The van der Waals surface area contributed by atoms with Gasteiger partial charge in [0.2, 0.25) is 5.88 Å². The first-order chi connectivity index (χ1) is 15.5. The van der Waals surface area contributed by atoms with Crippen molar-refractivity contribution in [2.24, 2.45) is 0 Å². The van der Waals surface area contributed by atoms with Crippen molar-refractivity contribution >= 4 is 16.9 Å². The van der Waals surface area contributed by atoms with Crippen molar-refractivity contribution in [3.8, 4) is 17.4 Å². The summed E-state index contributed by atoms with van der Waals surface area (Å²) in [6, 6.07) is 15.4. The number of halogens is 2. The second kappa shape index (κ2) is 9.42. The molecule has 0 aliphatic heterocycles. The zero-order valence-electron chi connectivity index (χ0n) is 17.1. The number of carbonyl (C=O) groups excluding carboxylic acids is 1. The molecular formula is C23H20F2N4O3. The Kier molecular flexibility index (Phi) is 6.25. The number of nitrogens with one attached hydrogen (secondary N) is 2. The first-order valence-corrected chi connectivity index (χ1v) is 9.94. The van der Waals surface area contributed by atoms with Gasteiger partial charge in [0.25, 0.3) is 12.3 Å². The van der Waals surface area contributed by atoms with E-state index in [2.05, 4.69) is 20.3 Å². The van der Waals surface area contributed by atoms with E-state index in [9.17, 15) is 13.6 Å². The number of H-pyrrole nitrogens is 1. The molecule has 32 heavy (non-hydrogen) atoms. The van der Waals surface area contributed by atoms with Gasteiger partial charge in [0.15, 0.2) is 17.3 Å². The average Bonchev–Trinajstić information content (AvgIpc) is 3.24. The molecule has 164 valence electrons. The number of pyridine rings is 1. The Morgan fingerprint density at radius 2 is 1.94 bits per heavy atom. The van der Waals surface area contributed by atoms with Crippen molar-refractivity contribution in [3.63, 3.8) is 0 Å². The van der Waals surface area contributed by atoms with Gasteiger partial charge in [-0.3, -0.25) is 4.79 Å². The minimum atomic E-state index is -2.70. The van der Waals surface area contributed by atoms with Gasteiger partial charge in [0, 0.05) is 24.4 Å². The molecule has 7 nitrogen and oxygen atoms in total. The number of fused-ring (bicyclic) bond motifs is 1. The quantitative estimate of drug-likeness (QED) is 0.403. The highest BCUT2D eigenvalue weighted by atomic mass is 19.3. The molecule has 0 aliphatic carbocycles. The standard InChI is InChI=1S/C23H20F2N4O3/c1-2-31-18-5-3-4-6-19(18)32-20-10-7-14(12-26-20)13-27-23(30)15-8-9-16-17(11-15)29-22(28-16)21(24)25/h3-12,21H,2,13H2,1H3,(H,27,30)(H,28,29). The Morgan fingerprint density at radius 3 is 2.66 bits per heavy atom. The average molecular weight is 438 g/mol. The molecular weight excluding hydrogens is 418 g/mol. The van der Waals surface area contributed by atoms with Crippen LogP contribution in [0.2, 0.25) is 0 Å². The molecule has 2 aromatic heterocycles. The van der Waals surface area contributed by atoms with Crippen LogP contribution >= 0.6 is 0 Å². The van der Waals surface area contributed by atoms with E-state index in [0.717, 1.165) is 5.56 Å². The molecule has 0 saturated carbocycles. The Morgan fingerprint density at radius 1 is 1.12 bits per heavy atom. The number of imidazole rings is 1. The molecule has 0 aliphatic rings. The van der Waals surface area contributed by atoms with Crippen LogP contribution in [0.3, 0.4) is 0 Å². The molecule has 2 N–H and O–H groups in total. The number of para-hydroxylation sites is 2. The van der Waals surface area contributed by atoms with Crippen LogP contribution in [0.5, 0.6) is 17.4 Å². The summed E-state index contributed by atoms with van der Waals surface area (Å²) in [5.74, 6) is 0.822. The second-order valence-corrected chi connectivity index (χ2v) is 6.82. The number of amides is 1. The SMILES string of the molecule is CCOc1ccccc1Oc1ccc(CNC(=O)c2ccc3nc(C(F)F)[nH]c3c2)cn1. The first-order valence-electron chi connectivity index (χ1n) is 9.94. The number of rotatable bonds is 8. The van der Waals surface area contributed by atoms with Gasteiger partial charge in [0.05, 0.1) is 17.6 Å². The number of benzene rings is 2. The maximum Gasteiger partial charge on any atom is 0.295 e. The van der Waals surface area contributed by atoms with E-state index < -0.39 is 12.2 Å². The predicted molar refractivity (Wildman–Crippen MR) is 114 cm³/mol. The molecule has 0 spiro atoms. The lowest BCUT2D eigenvalue weighted by atomic mass is 10.2. The van der Waals surface area contributed by atoms with Gasteiger partial charge in [-0.05, 0) is 42.8 Å². The van der Waals surface area contributed by atoms with Crippen LogP contribution in [0.15, 0.2) is 60.8 Å². The Balaban J connectivity index is 1.38. The molecule has 0 atom stereocenters. The fraction of sp³-hybridized carbons (Fsp3) is 0.174. The normalized spacial score (nSPS) is 11.0. The van der Waals surface area contributed by atoms with Crippen LogP contribution < -0.4 is 14.8 Å². The van der Waals surface area contributed by atoms with E-state index in [0.29, 0.717) is 40.6 Å². The zero-order chi connectivity index (χ0) is 22.5. The number of hydrogen-bond acceptors (Lipinski definition) is 5. The lowest BCUT2D eigenvalue weighted by molar-refractivity contribution is 0.0951. The molecule has 2 heterocycles. The van der Waals surface area contributed by atoms with Gasteiger partial charge in [-0.15, -0.1) is 0 Å². The monoisotopic (exact) mass is 438 g/mol. The number of nitrogens with zero attached hydrogens (tertiary/aromatic N) is 2. The summed E-state index contributed by atoms with van der Waals surface area (Å²) in [5, 5.41) is 2.78. The van der Waals surface area contributed by atoms with E-state index in [-0.39, 0.29) is 12.5 Å². The summed E-state index contributed by atoms with van der Waals surface area (Å²) in [5.41, 5.74) is 1.86. The van der Waals surface area contributed by atoms with Crippen LogP contribution in [0.1, 0.15) is 35.1 Å². The minimum Gasteiger partial charge on any atom is -0.490 e. The highest BCUT2D eigenvalue weighted by molar-refractivity contribution is 5.97. The Bertz CT molecular complexity index is 1230. The van der Waals surface area contributed by atoms with Crippen LogP contribution in [0.4, 0.5) is 8.78 Å². The molecule has 0 fully saturated rings. The lowest BCUT2D eigenvalue weighted by Crippen LogP contribution is -2.22. The number of aromatic nitrogens is 3. The van der Waals surface area contributed by atoms with Gasteiger partial charge in [-0.1, -0.05) is 18.2 Å². The van der Waals surface area contributed by atoms with Gasteiger partial charge in [-0.25, -0.2) is 18.7 Å². The zero-order valence-corrected chi connectivity index (χ0v) is 17.1. The molecule has 0 unspecified atom stereocenters. The maximum atomic E-state index is 12.8. The van der Waals surface area contributed by atoms with Gasteiger partial charge < -0.3 is 19.8 Å². The van der Waals surface area contributed by atoms with Gasteiger partial charge >= 0.3 is 0 Å². The minimum absolute atomic E-state index is 0.241. The number of hydrogen-bond donors (Lipinski definition) is 2. The maximum absolute atomic E-state index is 12.8. The fourth-order valence-electron chi connectivity index (χ4n) is 3.06.